The Kier molecular flexibility index (Phi) is 4.88. The quantitative estimate of drug-likeness (QED) is 0.642. The first-order valence-electron chi connectivity index (χ1n) is 9.95. The van der Waals surface area contributed by atoms with Crippen LogP contribution in [0.15, 0.2) is 6.07 Å². The van der Waals surface area contributed by atoms with Crippen molar-refractivity contribution in [3.63, 3.8) is 0 Å². The van der Waals surface area contributed by atoms with Crippen LogP contribution in [0.5, 0.6) is 5.88 Å². The number of aromatic nitrogens is 1. The number of hydrogen-bond donors (Lipinski definition) is 0. The highest BCUT2D eigenvalue weighted by Crippen LogP contribution is 2.41. The molecule has 4 atom stereocenters. The molecule has 4 rings (SSSR count). The maximum Gasteiger partial charge on any atom is 0.410 e. The highest BCUT2D eigenvalue weighted by molar-refractivity contribution is 6.29. The van der Waals surface area contributed by atoms with Crippen LogP contribution in [0.3, 0.4) is 0 Å². The second-order valence-corrected chi connectivity index (χ2v) is 9.17. The van der Waals surface area contributed by atoms with E-state index < -0.39 is 17.5 Å². The Bertz CT molecular complexity index is 859. The van der Waals surface area contributed by atoms with E-state index in [9.17, 15) is 14.0 Å². The fourth-order valence-corrected chi connectivity index (χ4v) is 4.77. The Morgan fingerprint density at radius 1 is 1.41 bits per heavy atom. The van der Waals surface area contributed by atoms with Gasteiger partial charge in [0.25, 0.3) is 5.91 Å². The maximum atomic E-state index is 14.0. The lowest BCUT2D eigenvalue weighted by Crippen LogP contribution is -2.66. The summed E-state index contributed by atoms with van der Waals surface area (Å²) in [5.74, 6) is -1.06. The number of fused-ring (bicyclic) bond motifs is 5. The van der Waals surface area contributed by atoms with Crippen LogP contribution in [-0.4, -0.2) is 63.2 Å². The summed E-state index contributed by atoms with van der Waals surface area (Å²) in [7, 11) is 0. The molecule has 2 saturated heterocycles. The summed E-state index contributed by atoms with van der Waals surface area (Å²) in [6.07, 6.45) is 1.34. The van der Waals surface area contributed by atoms with E-state index in [1.807, 2.05) is 27.7 Å². The van der Waals surface area contributed by atoms with Crippen LogP contribution in [0.1, 0.15) is 57.3 Å². The Morgan fingerprint density at radius 3 is 2.79 bits per heavy atom. The molecular formula is C20H25ClFN3O4. The molecule has 2 bridgehead atoms. The van der Waals surface area contributed by atoms with Gasteiger partial charge in [0.2, 0.25) is 5.88 Å². The van der Waals surface area contributed by atoms with Crippen LogP contribution in [0.2, 0.25) is 5.15 Å². The zero-order valence-electron chi connectivity index (χ0n) is 16.9. The smallest absolute Gasteiger partial charge is 0.410 e. The predicted molar refractivity (Wildman–Crippen MR) is 104 cm³/mol. The minimum absolute atomic E-state index is 0.0438. The molecule has 0 saturated carbocycles. The number of amides is 2. The van der Waals surface area contributed by atoms with Crippen molar-refractivity contribution >= 4 is 23.6 Å². The van der Waals surface area contributed by atoms with Gasteiger partial charge in [-0.15, -0.1) is 0 Å². The third-order valence-corrected chi connectivity index (χ3v) is 6.01. The number of halogens is 2. The van der Waals surface area contributed by atoms with Crippen molar-refractivity contribution < 1.29 is 23.5 Å². The zero-order valence-corrected chi connectivity index (χ0v) is 17.7. The molecule has 3 aliphatic heterocycles. The highest BCUT2D eigenvalue weighted by atomic mass is 35.5. The van der Waals surface area contributed by atoms with E-state index in [0.717, 1.165) is 18.9 Å². The minimum Gasteiger partial charge on any atom is -0.471 e. The van der Waals surface area contributed by atoms with Crippen LogP contribution in [-0.2, 0) is 4.74 Å². The van der Waals surface area contributed by atoms with Gasteiger partial charge in [0, 0.05) is 6.54 Å². The van der Waals surface area contributed by atoms with Gasteiger partial charge >= 0.3 is 6.09 Å². The molecule has 9 heteroatoms. The van der Waals surface area contributed by atoms with E-state index in [2.05, 4.69) is 4.98 Å². The lowest BCUT2D eigenvalue weighted by atomic mass is 9.95. The molecule has 3 aliphatic rings. The van der Waals surface area contributed by atoms with Gasteiger partial charge in [-0.1, -0.05) is 18.5 Å². The van der Waals surface area contributed by atoms with E-state index in [1.165, 1.54) is 0 Å². The number of nitrogens with zero attached hydrogens (tertiary/aromatic N) is 3. The number of pyridine rings is 1. The molecule has 1 unspecified atom stereocenters. The van der Waals surface area contributed by atoms with Crippen molar-refractivity contribution in [1.29, 1.82) is 0 Å². The summed E-state index contributed by atoms with van der Waals surface area (Å²) >= 11 is 5.82. The Balaban J connectivity index is 1.72. The van der Waals surface area contributed by atoms with Crippen LogP contribution >= 0.6 is 11.6 Å². The molecule has 2 amide bonds. The monoisotopic (exact) mass is 425 g/mol. The van der Waals surface area contributed by atoms with Gasteiger partial charge in [0.15, 0.2) is 11.0 Å². The van der Waals surface area contributed by atoms with Gasteiger partial charge in [-0.05, 0) is 46.1 Å². The van der Waals surface area contributed by atoms with Gasteiger partial charge in [0.1, 0.15) is 17.3 Å². The molecule has 1 aromatic heterocycles. The molecular weight excluding hydrogens is 401 g/mol. The Morgan fingerprint density at radius 2 is 2.14 bits per heavy atom. The summed E-state index contributed by atoms with van der Waals surface area (Å²) in [6, 6.07) is 0.352. The molecule has 0 spiro atoms. The van der Waals surface area contributed by atoms with E-state index in [-0.39, 0.29) is 46.7 Å². The fraction of sp³-hybridized carbons (Fsp3) is 0.650. The summed E-state index contributed by atoms with van der Waals surface area (Å²) < 4.78 is 25.7. The van der Waals surface area contributed by atoms with Crippen LogP contribution in [0, 0.1) is 5.82 Å². The first kappa shape index (κ1) is 20.2. The molecule has 1 aromatic rings. The lowest BCUT2D eigenvalue weighted by Gasteiger charge is -2.47. The van der Waals surface area contributed by atoms with Crippen molar-refractivity contribution in [3.8, 4) is 5.88 Å². The van der Waals surface area contributed by atoms with E-state index in [4.69, 9.17) is 21.1 Å². The zero-order chi connectivity index (χ0) is 21.1. The van der Waals surface area contributed by atoms with Crippen LogP contribution in [0.4, 0.5) is 9.18 Å². The van der Waals surface area contributed by atoms with Gasteiger partial charge in [-0.3, -0.25) is 9.69 Å². The van der Waals surface area contributed by atoms with Crippen LogP contribution in [0.25, 0.3) is 0 Å². The normalized spacial score (nSPS) is 28.4. The number of piperazine rings is 1. The van der Waals surface area contributed by atoms with Gasteiger partial charge < -0.3 is 14.4 Å². The number of rotatable bonds is 1. The lowest BCUT2D eigenvalue weighted by molar-refractivity contribution is -0.0383. The van der Waals surface area contributed by atoms with Gasteiger partial charge in [-0.25, -0.2) is 9.18 Å². The molecule has 2 fully saturated rings. The molecule has 0 aromatic carbocycles. The molecule has 0 radical (unpaired) electrons. The van der Waals surface area contributed by atoms with Crippen molar-refractivity contribution in [2.45, 2.75) is 76.8 Å². The standard InChI is InChI=1S/C20H25ClFN3O4/c1-5-14-15-13-7-6-10(25(13)19(27)29-20(2,3)4)9-24(15)18(26)11-8-12(22)16(21)23-17(11)28-14/h8,10,13-15H,5-7,9H2,1-4H3/t10-,13+,14?,15+/m1/s1. The average molecular weight is 426 g/mol. The maximum absolute atomic E-state index is 14.0. The number of carbonyl (C=O) groups excluding carboxylic acids is 2. The largest absolute Gasteiger partial charge is 0.471 e. The van der Waals surface area contributed by atoms with Crippen molar-refractivity contribution in [2.24, 2.45) is 0 Å². The molecule has 7 nitrogen and oxygen atoms in total. The second-order valence-electron chi connectivity index (χ2n) is 8.81. The Hall–Kier alpha value is -2.09. The highest BCUT2D eigenvalue weighted by Gasteiger charge is 2.55. The number of ether oxygens (including phenoxy) is 2. The molecule has 158 valence electrons. The first-order valence-corrected chi connectivity index (χ1v) is 10.3. The van der Waals surface area contributed by atoms with E-state index in [1.54, 1.807) is 9.80 Å². The third-order valence-electron chi connectivity index (χ3n) is 5.75. The van der Waals surface area contributed by atoms with Crippen molar-refractivity contribution in [3.05, 3.63) is 22.6 Å². The SMILES string of the molecule is CCC1Oc2nc(Cl)c(F)cc2C(=O)N2C[C@H]3CC[C@@H]([C@@H]12)N3C(=O)OC(C)(C)C. The second kappa shape index (κ2) is 7.00. The minimum atomic E-state index is -0.760. The first-order chi connectivity index (χ1) is 13.6. The van der Waals surface area contributed by atoms with Crippen molar-refractivity contribution in [2.75, 3.05) is 6.54 Å². The molecule has 0 aliphatic carbocycles. The number of carbonyl (C=O) groups is 2. The number of hydrogen-bond acceptors (Lipinski definition) is 5. The summed E-state index contributed by atoms with van der Waals surface area (Å²) in [6.45, 7) is 7.79. The fourth-order valence-electron chi connectivity index (χ4n) is 4.64. The topological polar surface area (TPSA) is 72.0 Å². The average Bonchev–Trinajstić information content (AvgIpc) is 2.89. The van der Waals surface area contributed by atoms with Gasteiger partial charge in [-0.2, -0.15) is 4.98 Å². The van der Waals surface area contributed by atoms with Gasteiger partial charge in [0.05, 0.1) is 18.1 Å². The third kappa shape index (κ3) is 3.41. The molecule has 4 heterocycles. The molecule has 0 N–H and O–H groups in total. The van der Waals surface area contributed by atoms with E-state index in [0.29, 0.717) is 13.0 Å². The summed E-state index contributed by atoms with van der Waals surface area (Å²) in [4.78, 5) is 33.6. The predicted octanol–water partition coefficient (Wildman–Crippen LogP) is 3.64. The van der Waals surface area contributed by atoms with Crippen LogP contribution < -0.4 is 4.74 Å². The Labute approximate surface area is 174 Å². The van der Waals surface area contributed by atoms with E-state index >= 15 is 0 Å². The summed E-state index contributed by atoms with van der Waals surface area (Å²) in [5.41, 5.74) is -0.542. The van der Waals surface area contributed by atoms with Crippen molar-refractivity contribution in [1.82, 2.24) is 14.8 Å². The summed E-state index contributed by atoms with van der Waals surface area (Å²) in [5, 5.41) is -0.330. The molecule has 29 heavy (non-hydrogen) atoms.